The van der Waals surface area contributed by atoms with E-state index in [4.69, 9.17) is 4.74 Å². The van der Waals surface area contributed by atoms with Crippen LogP contribution in [0.3, 0.4) is 0 Å². The lowest BCUT2D eigenvalue weighted by atomic mass is 10.2. The molecule has 0 saturated heterocycles. The summed E-state index contributed by atoms with van der Waals surface area (Å²) in [7, 11) is 1.56. The summed E-state index contributed by atoms with van der Waals surface area (Å²) in [6, 6.07) is 6.87. The first-order chi connectivity index (χ1) is 8.20. The highest BCUT2D eigenvalue weighted by Gasteiger charge is 2.11. The summed E-state index contributed by atoms with van der Waals surface area (Å²) in [5, 5.41) is 9.09. The van der Waals surface area contributed by atoms with Crippen LogP contribution in [0.4, 0.5) is 5.82 Å². The van der Waals surface area contributed by atoms with Gasteiger partial charge in [-0.25, -0.2) is 0 Å². The molecule has 2 N–H and O–H groups in total. The summed E-state index contributed by atoms with van der Waals surface area (Å²) in [4.78, 5) is 12.0. The van der Waals surface area contributed by atoms with Gasteiger partial charge in [0, 0.05) is 10.5 Å². The first kappa shape index (κ1) is 11.7. The van der Waals surface area contributed by atoms with E-state index in [1.54, 1.807) is 37.6 Å². The number of nitrogens with zero attached hydrogens (tertiary/aromatic N) is 1. The standard InChI is InChI=1S/C11H10BrN3O2/c1-17-7-2-3-9(12)8(6-7)11(16)14-10-4-5-13-15-10/h2-6H,1H3,(H2,13,14,15,16). The molecule has 6 heteroatoms. The van der Waals surface area contributed by atoms with Crippen molar-refractivity contribution in [2.24, 2.45) is 0 Å². The average Bonchev–Trinajstić information content (AvgIpc) is 2.82. The van der Waals surface area contributed by atoms with Crippen LogP contribution in [0.5, 0.6) is 5.75 Å². The van der Waals surface area contributed by atoms with Crippen molar-refractivity contribution >= 4 is 27.7 Å². The average molecular weight is 296 g/mol. The predicted molar refractivity (Wildman–Crippen MR) is 67.2 cm³/mol. The Morgan fingerprint density at radius 3 is 2.94 bits per heavy atom. The van der Waals surface area contributed by atoms with Crippen LogP contribution in [-0.4, -0.2) is 23.2 Å². The van der Waals surface area contributed by atoms with Crippen LogP contribution in [0.1, 0.15) is 10.4 Å². The van der Waals surface area contributed by atoms with Gasteiger partial charge in [0.05, 0.1) is 18.9 Å². The van der Waals surface area contributed by atoms with Gasteiger partial charge in [-0.2, -0.15) is 5.10 Å². The zero-order chi connectivity index (χ0) is 12.3. The van der Waals surface area contributed by atoms with Crippen molar-refractivity contribution in [1.29, 1.82) is 0 Å². The first-order valence-electron chi connectivity index (χ1n) is 4.85. The molecule has 0 aliphatic carbocycles. The minimum absolute atomic E-state index is 0.236. The van der Waals surface area contributed by atoms with E-state index in [9.17, 15) is 4.79 Å². The van der Waals surface area contributed by atoms with Gasteiger partial charge in [0.1, 0.15) is 11.6 Å². The number of halogens is 1. The Bertz CT molecular complexity index is 526. The van der Waals surface area contributed by atoms with Crippen molar-refractivity contribution in [3.8, 4) is 5.75 Å². The minimum Gasteiger partial charge on any atom is -0.497 e. The van der Waals surface area contributed by atoms with Crippen LogP contribution >= 0.6 is 15.9 Å². The Morgan fingerprint density at radius 1 is 1.47 bits per heavy atom. The minimum atomic E-state index is -0.236. The van der Waals surface area contributed by atoms with Crippen LogP contribution in [-0.2, 0) is 0 Å². The Hall–Kier alpha value is -1.82. The molecular formula is C11H10BrN3O2. The van der Waals surface area contributed by atoms with Crippen molar-refractivity contribution in [2.45, 2.75) is 0 Å². The summed E-state index contributed by atoms with van der Waals surface area (Å²) in [5.41, 5.74) is 0.499. The Kier molecular flexibility index (Phi) is 3.43. The normalized spacial score (nSPS) is 10.0. The van der Waals surface area contributed by atoms with E-state index in [1.807, 2.05) is 0 Å². The number of rotatable bonds is 3. The van der Waals surface area contributed by atoms with Crippen molar-refractivity contribution in [3.63, 3.8) is 0 Å². The maximum absolute atomic E-state index is 12.0. The molecular weight excluding hydrogens is 286 g/mol. The highest BCUT2D eigenvalue weighted by molar-refractivity contribution is 9.10. The quantitative estimate of drug-likeness (QED) is 0.914. The second kappa shape index (κ2) is 5.01. The topological polar surface area (TPSA) is 67.0 Å². The van der Waals surface area contributed by atoms with Gasteiger partial charge in [-0.15, -0.1) is 0 Å². The van der Waals surface area contributed by atoms with E-state index in [0.717, 1.165) is 0 Å². The van der Waals surface area contributed by atoms with E-state index in [-0.39, 0.29) is 5.91 Å². The van der Waals surface area contributed by atoms with Gasteiger partial charge in [0.2, 0.25) is 0 Å². The molecule has 1 heterocycles. The maximum atomic E-state index is 12.0. The number of methoxy groups -OCH3 is 1. The number of carbonyl (C=O) groups is 1. The highest BCUT2D eigenvalue weighted by Crippen LogP contribution is 2.23. The number of nitrogens with one attached hydrogen (secondary N) is 2. The molecule has 17 heavy (non-hydrogen) atoms. The summed E-state index contributed by atoms with van der Waals surface area (Å²) < 4.78 is 5.78. The van der Waals surface area contributed by atoms with Gasteiger partial charge in [-0.05, 0) is 34.1 Å². The van der Waals surface area contributed by atoms with Crippen LogP contribution < -0.4 is 10.1 Å². The number of carbonyl (C=O) groups excluding carboxylic acids is 1. The second-order valence-electron chi connectivity index (χ2n) is 3.27. The van der Waals surface area contributed by atoms with Gasteiger partial charge in [0.25, 0.3) is 5.91 Å². The number of aromatic nitrogens is 2. The molecule has 1 aromatic carbocycles. The number of H-pyrrole nitrogens is 1. The number of hydrogen-bond donors (Lipinski definition) is 2. The van der Waals surface area contributed by atoms with Crippen molar-refractivity contribution in [1.82, 2.24) is 10.2 Å². The third-order valence-electron chi connectivity index (χ3n) is 2.17. The molecule has 0 spiro atoms. The molecule has 1 aromatic heterocycles. The predicted octanol–water partition coefficient (Wildman–Crippen LogP) is 2.43. The fourth-order valence-electron chi connectivity index (χ4n) is 1.32. The zero-order valence-corrected chi connectivity index (χ0v) is 10.6. The molecule has 0 unspecified atom stereocenters. The second-order valence-corrected chi connectivity index (χ2v) is 4.12. The molecule has 0 aliphatic heterocycles. The van der Waals surface area contributed by atoms with E-state index >= 15 is 0 Å². The summed E-state index contributed by atoms with van der Waals surface area (Å²) in [5.74, 6) is 0.938. The Labute approximate surface area is 106 Å². The lowest BCUT2D eigenvalue weighted by molar-refractivity contribution is 0.102. The summed E-state index contributed by atoms with van der Waals surface area (Å²) in [6.07, 6.45) is 1.57. The molecule has 0 aliphatic rings. The van der Waals surface area contributed by atoms with Crippen LogP contribution in [0.2, 0.25) is 0 Å². The van der Waals surface area contributed by atoms with E-state index < -0.39 is 0 Å². The third kappa shape index (κ3) is 2.65. The summed E-state index contributed by atoms with van der Waals surface area (Å²) in [6.45, 7) is 0. The summed E-state index contributed by atoms with van der Waals surface area (Å²) >= 11 is 3.32. The van der Waals surface area contributed by atoms with Gasteiger partial charge in [-0.3, -0.25) is 9.89 Å². The van der Waals surface area contributed by atoms with Crippen molar-refractivity contribution < 1.29 is 9.53 Å². The fraction of sp³-hybridized carbons (Fsp3) is 0.0909. The van der Waals surface area contributed by atoms with Crippen molar-refractivity contribution in [3.05, 3.63) is 40.5 Å². The number of aromatic amines is 1. The van der Waals surface area contributed by atoms with E-state index in [2.05, 4.69) is 31.4 Å². The van der Waals surface area contributed by atoms with Crippen molar-refractivity contribution in [2.75, 3.05) is 12.4 Å². The molecule has 0 atom stereocenters. The first-order valence-corrected chi connectivity index (χ1v) is 5.64. The highest BCUT2D eigenvalue weighted by atomic mass is 79.9. The van der Waals surface area contributed by atoms with E-state index in [1.165, 1.54) is 0 Å². The van der Waals surface area contributed by atoms with Crippen LogP contribution in [0.25, 0.3) is 0 Å². The lowest BCUT2D eigenvalue weighted by Gasteiger charge is -2.07. The smallest absolute Gasteiger partial charge is 0.258 e. The molecule has 0 radical (unpaired) electrons. The Morgan fingerprint density at radius 2 is 2.29 bits per heavy atom. The largest absolute Gasteiger partial charge is 0.497 e. The van der Waals surface area contributed by atoms with Gasteiger partial charge in [-0.1, -0.05) is 0 Å². The number of hydrogen-bond acceptors (Lipinski definition) is 3. The zero-order valence-electron chi connectivity index (χ0n) is 9.03. The molecule has 2 rings (SSSR count). The van der Waals surface area contributed by atoms with Gasteiger partial charge in [0.15, 0.2) is 0 Å². The Balaban J connectivity index is 2.24. The molecule has 88 valence electrons. The number of anilines is 1. The van der Waals surface area contributed by atoms with Crippen LogP contribution in [0, 0.1) is 0 Å². The van der Waals surface area contributed by atoms with Gasteiger partial charge >= 0.3 is 0 Å². The molecule has 0 bridgehead atoms. The van der Waals surface area contributed by atoms with E-state index in [0.29, 0.717) is 21.6 Å². The molecule has 0 fully saturated rings. The number of amides is 1. The van der Waals surface area contributed by atoms with Crippen LogP contribution in [0.15, 0.2) is 34.9 Å². The SMILES string of the molecule is COc1ccc(Br)c(C(=O)Nc2ccn[nH]2)c1. The molecule has 1 amide bonds. The molecule has 0 saturated carbocycles. The molecule has 5 nitrogen and oxygen atoms in total. The van der Waals surface area contributed by atoms with Gasteiger partial charge < -0.3 is 10.1 Å². The monoisotopic (exact) mass is 295 g/mol. The number of benzene rings is 1. The third-order valence-corrected chi connectivity index (χ3v) is 2.86. The number of ether oxygens (including phenoxy) is 1. The lowest BCUT2D eigenvalue weighted by Crippen LogP contribution is -2.13. The maximum Gasteiger partial charge on any atom is 0.258 e. The fourth-order valence-corrected chi connectivity index (χ4v) is 1.75. The molecule has 2 aromatic rings.